The standard InChI is InChI=1S/C15H16N2O3/c1-15(2)13(19)12(17-9-4-3-7-11(17)18)10-6-5-8-16-14(10)20-15/h3-9,12-13,19H,1-2H3/t12-,13+/m1/s1. The van der Waals surface area contributed by atoms with Crippen molar-refractivity contribution in [1.29, 1.82) is 0 Å². The van der Waals surface area contributed by atoms with Gasteiger partial charge in [-0.2, -0.15) is 0 Å². The number of hydrogen-bond donors (Lipinski definition) is 1. The smallest absolute Gasteiger partial charge is 0.251 e. The van der Waals surface area contributed by atoms with E-state index in [9.17, 15) is 9.90 Å². The summed E-state index contributed by atoms with van der Waals surface area (Å²) in [7, 11) is 0. The molecule has 0 saturated carbocycles. The highest BCUT2D eigenvalue weighted by Gasteiger charge is 2.44. The molecule has 0 saturated heterocycles. The zero-order chi connectivity index (χ0) is 14.3. The van der Waals surface area contributed by atoms with Crippen LogP contribution in [0, 0.1) is 0 Å². The van der Waals surface area contributed by atoms with Crippen LogP contribution in [0.3, 0.4) is 0 Å². The van der Waals surface area contributed by atoms with E-state index in [1.54, 1.807) is 44.4 Å². The predicted octanol–water partition coefficient (Wildman–Crippen LogP) is 1.36. The van der Waals surface area contributed by atoms with E-state index in [0.717, 1.165) is 0 Å². The Hall–Kier alpha value is -2.14. The number of pyridine rings is 2. The molecule has 0 aliphatic carbocycles. The van der Waals surface area contributed by atoms with Gasteiger partial charge in [-0.15, -0.1) is 0 Å². The van der Waals surface area contributed by atoms with Gasteiger partial charge in [-0.3, -0.25) is 4.79 Å². The topological polar surface area (TPSA) is 64.4 Å². The first-order chi connectivity index (χ1) is 9.50. The largest absolute Gasteiger partial charge is 0.469 e. The van der Waals surface area contributed by atoms with Crippen molar-refractivity contribution in [2.75, 3.05) is 0 Å². The van der Waals surface area contributed by atoms with E-state index in [-0.39, 0.29) is 5.56 Å². The zero-order valence-electron chi connectivity index (χ0n) is 11.4. The monoisotopic (exact) mass is 272 g/mol. The summed E-state index contributed by atoms with van der Waals surface area (Å²) in [5.41, 5.74) is -0.266. The van der Waals surface area contributed by atoms with Gasteiger partial charge in [0.1, 0.15) is 11.7 Å². The Morgan fingerprint density at radius 3 is 2.85 bits per heavy atom. The fourth-order valence-corrected chi connectivity index (χ4v) is 2.55. The van der Waals surface area contributed by atoms with Crippen LogP contribution in [-0.2, 0) is 0 Å². The molecule has 0 spiro atoms. The van der Waals surface area contributed by atoms with Gasteiger partial charge in [0, 0.05) is 24.0 Å². The Balaban J connectivity index is 2.23. The number of aliphatic hydroxyl groups excluding tert-OH is 1. The zero-order valence-corrected chi connectivity index (χ0v) is 11.4. The SMILES string of the molecule is CC1(C)Oc2ncccc2[C@@H](n2ccccc2=O)[C@@H]1O. The van der Waals surface area contributed by atoms with Crippen LogP contribution in [0.5, 0.6) is 5.88 Å². The molecule has 3 heterocycles. The number of hydrogen-bond acceptors (Lipinski definition) is 4. The normalized spacial score (nSPS) is 23.8. The average Bonchev–Trinajstić information content (AvgIpc) is 2.41. The van der Waals surface area contributed by atoms with Gasteiger partial charge < -0.3 is 14.4 Å². The van der Waals surface area contributed by atoms with Gasteiger partial charge in [0.25, 0.3) is 5.56 Å². The molecule has 0 fully saturated rings. The van der Waals surface area contributed by atoms with Crippen molar-refractivity contribution >= 4 is 0 Å². The quantitative estimate of drug-likeness (QED) is 0.851. The summed E-state index contributed by atoms with van der Waals surface area (Å²) < 4.78 is 7.27. The van der Waals surface area contributed by atoms with Crippen LogP contribution in [0.25, 0.3) is 0 Å². The molecule has 1 N–H and O–H groups in total. The first kappa shape index (κ1) is 12.9. The minimum atomic E-state index is -0.848. The minimum Gasteiger partial charge on any atom is -0.469 e. The van der Waals surface area contributed by atoms with E-state index in [1.807, 2.05) is 6.07 Å². The summed E-state index contributed by atoms with van der Waals surface area (Å²) in [4.78, 5) is 16.3. The highest BCUT2D eigenvalue weighted by molar-refractivity contribution is 5.35. The fourth-order valence-electron chi connectivity index (χ4n) is 2.55. The third kappa shape index (κ3) is 1.91. The molecular weight excluding hydrogens is 256 g/mol. The lowest BCUT2D eigenvalue weighted by Crippen LogP contribution is -2.52. The van der Waals surface area contributed by atoms with E-state index < -0.39 is 17.7 Å². The van der Waals surface area contributed by atoms with Crippen LogP contribution in [0.4, 0.5) is 0 Å². The van der Waals surface area contributed by atoms with E-state index in [2.05, 4.69) is 4.98 Å². The first-order valence-electron chi connectivity index (χ1n) is 6.50. The molecule has 0 unspecified atom stereocenters. The Morgan fingerprint density at radius 1 is 1.30 bits per heavy atom. The molecule has 2 aromatic heterocycles. The summed E-state index contributed by atoms with van der Waals surface area (Å²) >= 11 is 0. The molecule has 1 aliphatic rings. The number of aliphatic hydroxyl groups is 1. The summed E-state index contributed by atoms with van der Waals surface area (Å²) in [6.45, 7) is 3.58. The van der Waals surface area contributed by atoms with Crippen molar-refractivity contribution in [3.05, 3.63) is 58.6 Å². The molecule has 2 aromatic rings. The molecule has 0 amide bonds. The number of aromatic nitrogens is 2. The van der Waals surface area contributed by atoms with Crippen molar-refractivity contribution in [2.24, 2.45) is 0 Å². The van der Waals surface area contributed by atoms with E-state index >= 15 is 0 Å². The van der Waals surface area contributed by atoms with Gasteiger partial charge in [0.05, 0.1) is 6.04 Å². The lowest BCUT2D eigenvalue weighted by atomic mass is 9.87. The van der Waals surface area contributed by atoms with Gasteiger partial charge >= 0.3 is 0 Å². The number of nitrogens with zero attached hydrogens (tertiary/aromatic N) is 2. The Bertz CT molecular complexity index is 693. The van der Waals surface area contributed by atoms with Crippen molar-refractivity contribution < 1.29 is 9.84 Å². The van der Waals surface area contributed by atoms with Crippen LogP contribution in [0.1, 0.15) is 25.5 Å². The second-order valence-electron chi connectivity index (χ2n) is 5.44. The number of rotatable bonds is 1. The minimum absolute atomic E-state index is 0.163. The van der Waals surface area contributed by atoms with Crippen molar-refractivity contribution in [3.8, 4) is 5.88 Å². The highest BCUT2D eigenvalue weighted by atomic mass is 16.5. The maximum atomic E-state index is 12.1. The lowest BCUT2D eigenvalue weighted by molar-refractivity contribution is -0.0671. The third-order valence-electron chi connectivity index (χ3n) is 3.64. The maximum absolute atomic E-state index is 12.1. The fraction of sp³-hybridized carbons (Fsp3) is 0.333. The molecule has 20 heavy (non-hydrogen) atoms. The first-order valence-corrected chi connectivity index (χ1v) is 6.50. The Morgan fingerprint density at radius 2 is 2.10 bits per heavy atom. The molecule has 104 valence electrons. The molecule has 0 radical (unpaired) electrons. The van der Waals surface area contributed by atoms with Crippen molar-refractivity contribution in [3.63, 3.8) is 0 Å². The van der Waals surface area contributed by atoms with Crippen LogP contribution in [0.15, 0.2) is 47.5 Å². The number of fused-ring (bicyclic) bond motifs is 1. The summed E-state index contributed by atoms with van der Waals surface area (Å²) in [6.07, 6.45) is 2.46. The average molecular weight is 272 g/mol. The second-order valence-corrected chi connectivity index (χ2v) is 5.44. The molecule has 1 aliphatic heterocycles. The van der Waals surface area contributed by atoms with Crippen LogP contribution in [0.2, 0.25) is 0 Å². The highest BCUT2D eigenvalue weighted by Crippen LogP contribution is 2.39. The summed E-state index contributed by atoms with van der Waals surface area (Å²) in [5.74, 6) is 0.462. The predicted molar refractivity (Wildman–Crippen MR) is 73.8 cm³/mol. The maximum Gasteiger partial charge on any atom is 0.251 e. The van der Waals surface area contributed by atoms with Gasteiger partial charge in [0.15, 0.2) is 0 Å². The van der Waals surface area contributed by atoms with Crippen LogP contribution in [-0.4, -0.2) is 26.4 Å². The Labute approximate surface area is 116 Å². The summed E-state index contributed by atoms with van der Waals surface area (Å²) in [6, 6.07) is 8.02. The number of ether oxygens (including phenoxy) is 1. The third-order valence-corrected chi connectivity index (χ3v) is 3.64. The van der Waals surface area contributed by atoms with Gasteiger partial charge in [0.2, 0.25) is 5.88 Å². The van der Waals surface area contributed by atoms with Crippen molar-refractivity contribution in [2.45, 2.75) is 31.6 Å². The summed E-state index contributed by atoms with van der Waals surface area (Å²) in [5, 5.41) is 10.6. The van der Waals surface area contributed by atoms with Gasteiger partial charge in [-0.1, -0.05) is 6.07 Å². The molecule has 5 nitrogen and oxygen atoms in total. The molecule has 0 aromatic carbocycles. The van der Waals surface area contributed by atoms with Crippen LogP contribution < -0.4 is 10.3 Å². The van der Waals surface area contributed by atoms with Gasteiger partial charge in [-0.25, -0.2) is 4.98 Å². The molecular formula is C15H16N2O3. The molecule has 0 bridgehead atoms. The van der Waals surface area contributed by atoms with Crippen LogP contribution >= 0.6 is 0 Å². The lowest BCUT2D eigenvalue weighted by Gasteiger charge is -2.41. The van der Waals surface area contributed by atoms with Crippen molar-refractivity contribution in [1.82, 2.24) is 9.55 Å². The molecule has 2 atom stereocenters. The molecule has 3 rings (SSSR count). The van der Waals surface area contributed by atoms with E-state index in [4.69, 9.17) is 4.74 Å². The Kier molecular flexibility index (Phi) is 2.87. The van der Waals surface area contributed by atoms with E-state index in [1.165, 1.54) is 10.6 Å². The van der Waals surface area contributed by atoms with Gasteiger partial charge in [-0.05, 0) is 32.0 Å². The second kappa shape index (κ2) is 4.45. The molecule has 5 heteroatoms. The van der Waals surface area contributed by atoms with E-state index in [0.29, 0.717) is 11.4 Å².